The SMILES string of the molecule is C=C/C(=C\C=C(/CCl)OC(F)(F)F)CN[C@H]1Cn2cc([N+](=O)[O-])nc2OC1CC. The highest BCUT2D eigenvalue weighted by Crippen LogP contribution is 2.26. The minimum Gasteiger partial charge on any atom is -0.441 e. The largest absolute Gasteiger partial charge is 0.572 e. The number of imidazole rings is 1. The van der Waals surface area contributed by atoms with Crippen molar-refractivity contribution in [2.24, 2.45) is 0 Å². The molecule has 2 rings (SSSR count). The molecule has 1 aromatic heterocycles. The molecule has 0 spiro atoms. The van der Waals surface area contributed by atoms with Crippen molar-refractivity contribution in [3.8, 4) is 6.01 Å². The first-order valence-corrected chi connectivity index (χ1v) is 9.15. The van der Waals surface area contributed by atoms with Gasteiger partial charge >= 0.3 is 18.2 Å². The van der Waals surface area contributed by atoms with Crippen molar-refractivity contribution >= 4 is 17.4 Å². The Morgan fingerprint density at radius 2 is 2.31 bits per heavy atom. The van der Waals surface area contributed by atoms with Crippen LogP contribution in [-0.2, 0) is 11.3 Å². The number of aromatic nitrogens is 2. The van der Waals surface area contributed by atoms with Gasteiger partial charge in [0, 0.05) is 18.1 Å². The summed E-state index contributed by atoms with van der Waals surface area (Å²) in [6.07, 6.45) is 0.859. The monoisotopic (exact) mass is 436 g/mol. The number of nitrogens with zero attached hydrogens (tertiary/aromatic N) is 3. The normalized spacial score (nSPS) is 20.0. The Labute approximate surface area is 169 Å². The molecule has 0 saturated carbocycles. The standard InChI is InChI=1S/C17H20ClF3N4O4/c1-3-11(5-6-12(7-18)29-17(19,20)21)8-22-13-9-24-10-15(25(26)27)23-16(24)28-14(13)4-2/h3,5-6,10,13-14,22H,1,4,7-9H2,2H3/b11-5+,12-6+/t13-,14?/m0/s1. The Balaban J connectivity index is 2.07. The molecule has 0 saturated heterocycles. The van der Waals surface area contributed by atoms with Crippen LogP contribution >= 0.6 is 11.6 Å². The van der Waals surface area contributed by atoms with Crippen molar-refractivity contribution in [1.82, 2.24) is 14.9 Å². The van der Waals surface area contributed by atoms with E-state index in [9.17, 15) is 23.3 Å². The third kappa shape index (κ3) is 6.50. The molecule has 1 aliphatic heterocycles. The fourth-order valence-corrected chi connectivity index (χ4v) is 2.86. The molecular weight excluding hydrogens is 417 g/mol. The zero-order valence-corrected chi connectivity index (χ0v) is 16.2. The lowest BCUT2D eigenvalue weighted by Gasteiger charge is -2.31. The van der Waals surface area contributed by atoms with Crippen LogP contribution in [-0.4, -0.2) is 45.4 Å². The smallest absolute Gasteiger partial charge is 0.441 e. The minimum atomic E-state index is -4.82. The molecule has 1 aromatic rings. The molecule has 0 amide bonds. The number of ether oxygens (including phenoxy) is 2. The van der Waals surface area contributed by atoms with E-state index in [1.807, 2.05) is 6.92 Å². The van der Waals surface area contributed by atoms with Gasteiger partial charge in [-0.2, -0.15) is 0 Å². The number of nitrogens with one attached hydrogen (secondary N) is 1. The van der Waals surface area contributed by atoms with E-state index in [1.54, 1.807) is 4.57 Å². The van der Waals surface area contributed by atoms with Crippen LogP contribution < -0.4 is 10.1 Å². The maximum atomic E-state index is 12.3. The van der Waals surface area contributed by atoms with Crippen molar-refractivity contribution in [2.45, 2.75) is 38.4 Å². The summed E-state index contributed by atoms with van der Waals surface area (Å²) >= 11 is 5.47. The molecule has 2 atom stereocenters. The predicted molar refractivity (Wildman–Crippen MR) is 99.6 cm³/mol. The quantitative estimate of drug-likeness (QED) is 0.209. The average molecular weight is 437 g/mol. The van der Waals surface area contributed by atoms with E-state index in [1.165, 1.54) is 18.3 Å². The Hall–Kier alpha value is -2.53. The number of hydrogen-bond acceptors (Lipinski definition) is 6. The first-order valence-electron chi connectivity index (χ1n) is 8.62. The first kappa shape index (κ1) is 22.8. The molecule has 8 nitrogen and oxygen atoms in total. The number of rotatable bonds is 9. The summed E-state index contributed by atoms with van der Waals surface area (Å²) in [5, 5.41) is 14.1. The molecule has 2 heterocycles. The second kappa shape index (κ2) is 9.79. The van der Waals surface area contributed by atoms with Gasteiger partial charge in [0.15, 0.2) is 0 Å². The maximum absolute atomic E-state index is 12.3. The fourth-order valence-electron chi connectivity index (χ4n) is 2.71. The zero-order chi connectivity index (χ0) is 21.6. The number of nitro groups is 1. The molecule has 0 fully saturated rings. The third-order valence-electron chi connectivity index (χ3n) is 4.11. The van der Waals surface area contributed by atoms with E-state index in [0.29, 0.717) is 18.5 Å². The van der Waals surface area contributed by atoms with Crippen LogP contribution in [0.1, 0.15) is 13.3 Å². The molecule has 1 aliphatic rings. The zero-order valence-electron chi connectivity index (χ0n) is 15.5. The van der Waals surface area contributed by atoms with Gasteiger partial charge in [0.05, 0.1) is 11.9 Å². The maximum Gasteiger partial charge on any atom is 0.572 e. The Kier molecular flexibility index (Phi) is 7.68. The summed E-state index contributed by atoms with van der Waals surface area (Å²) < 4.78 is 48.0. The summed E-state index contributed by atoms with van der Waals surface area (Å²) in [4.78, 5) is 14.1. The topological polar surface area (TPSA) is 91.5 Å². The van der Waals surface area contributed by atoms with Crippen molar-refractivity contribution in [2.75, 3.05) is 12.4 Å². The lowest BCUT2D eigenvalue weighted by molar-refractivity contribution is -0.389. The van der Waals surface area contributed by atoms with Crippen LogP contribution in [0.4, 0.5) is 19.0 Å². The first-order chi connectivity index (χ1) is 13.7. The summed E-state index contributed by atoms with van der Waals surface area (Å²) in [6, 6.07) is -0.0207. The fraction of sp³-hybridized carbons (Fsp3) is 0.471. The van der Waals surface area contributed by atoms with E-state index in [0.717, 1.165) is 6.08 Å². The van der Waals surface area contributed by atoms with E-state index < -0.39 is 22.9 Å². The molecule has 0 aromatic carbocycles. The molecule has 0 aliphatic carbocycles. The molecule has 1 unspecified atom stereocenters. The highest BCUT2D eigenvalue weighted by atomic mass is 35.5. The highest BCUT2D eigenvalue weighted by Gasteiger charge is 2.34. The number of allylic oxidation sites excluding steroid dienone is 3. The summed E-state index contributed by atoms with van der Waals surface area (Å²) in [5.41, 5.74) is 0.593. The minimum absolute atomic E-state index is 0.181. The number of alkyl halides is 4. The van der Waals surface area contributed by atoms with Gasteiger partial charge in [0.25, 0.3) is 0 Å². The van der Waals surface area contributed by atoms with Crippen molar-refractivity contribution in [3.05, 3.63) is 52.5 Å². The molecular formula is C17H20ClF3N4O4. The summed E-state index contributed by atoms with van der Waals surface area (Å²) in [5.74, 6) is -1.18. The number of fused-ring (bicyclic) bond motifs is 1. The number of halogens is 4. The van der Waals surface area contributed by atoms with Gasteiger partial charge in [-0.3, -0.25) is 4.57 Å². The Morgan fingerprint density at radius 1 is 1.59 bits per heavy atom. The van der Waals surface area contributed by atoms with Gasteiger partial charge in [-0.05, 0) is 23.0 Å². The molecule has 12 heteroatoms. The molecule has 0 radical (unpaired) electrons. The number of hydrogen-bond donors (Lipinski definition) is 1. The highest BCUT2D eigenvalue weighted by molar-refractivity contribution is 6.19. The van der Waals surface area contributed by atoms with Gasteiger partial charge in [-0.25, -0.2) is 0 Å². The van der Waals surface area contributed by atoms with Crippen molar-refractivity contribution in [3.63, 3.8) is 0 Å². The average Bonchev–Trinajstić information content (AvgIpc) is 3.08. The lowest BCUT2D eigenvalue weighted by Crippen LogP contribution is -2.49. The Bertz CT molecular complexity index is 807. The van der Waals surface area contributed by atoms with E-state index >= 15 is 0 Å². The summed E-state index contributed by atoms with van der Waals surface area (Å²) in [7, 11) is 0. The van der Waals surface area contributed by atoms with Crippen LogP contribution in [0.5, 0.6) is 6.01 Å². The van der Waals surface area contributed by atoms with Gasteiger partial charge in [-0.1, -0.05) is 25.7 Å². The predicted octanol–water partition coefficient (Wildman–Crippen LogP) is 3.69. The molecule has 160 valence electrons. The van der Waals surface area contributed by atoms with Crippen molar-refractivity contribution < 1.29 is 27.6 Å². The molecule has 29 heavy (non-hydrogen) atoms. The van der Waals surface area contributed by atoms with E-state index in [2.05, 4.69) is 21.6 Å². The van der Waals surface area contributed by atoms with Crippen molar-refractivity contribution in [1.29, 1.82) is 0 Å². The van der Waals surface area contributed by atoms with E-state index in [4.69, 9.17) is 16.3 Å². The second-order valence-electron chi connectivity index (χ2n) is 6.10. The van der Waals surface area contributed by atoms with Crippen LogP contribution in [0.25, 0.3) is 0 Å². The second-order valence-corrected chi connectivity index (χ2v) is 6.37. The Morgan fingerprint density at radius 3 is 2.86 bits per heavy atom. The van der Waals surface area contributed by atoms with Crippen LogP contribution in [0.3, 0.4) is 0 Å². The van der Waals surface area contributed by atoms with Gasteiger partial charge in [0.2, 0.25) is 0 Å². The van der Waals surface area contributed by atoms with Crippen LogP contribution in [0, 0.1) is 10.1 Å². The lowest BCUT2D eigenvalue weighted by atomic mass is 10.1. The van der Waals surface area contributed by atoms with Gasteiger partial charge < -0.3 is 24.9 Å². The summed E-state index contributed by atoms with van der Waals surface area (Å²) in [6.45, 7) is 6.21. The van der Waals surface area contributed by atoms with Gasteiger partial charge in [-0.15, -0.1) is 24.8 Å². The van der Waals surface area contributed by atoms with Crippen LogP contribution in [0.2, 0.25) is 0 Å². The molecule has 0 bridgehead atoms. The molecule has 1 N–H and O–H groups in total. The van der Waals surface area contributed by atoms with E-state index in [-0.39, 0.29) is 30.5 Å². The van der Waals surface area contributed by atoms with Crippen LogP contribution in [0.15, 0.2) is 42.3 Å². The van der Waals surface area contributed by atoms with Gasteiger partial charge in [0.1, 0.15) is 18.1 Å². The third-order valence-corrected chi connectivity index (χ3v) is 4.37.